The molecule has 1 unspecified atom stereocenters. The molecule has 0 heterocycles. The van der Waals surface area contributed by atoms with Gasteiger partial charge in [-0.3, -0.25) is 4.79 Å². The Morgan fingerprint density at radius 1 is 1.12 bits per heavy atom. The van der Waals surface area contributed by atoms with Gasteiger partial charge < -0.3 is 5.11 Å². The molecule has 1 amide bonds. The van der Waals surface area contributed by atoms with Crippen LogP contribution in [0.5, 0.6) is 5.75 Å². The van der Waals surface area contributed by atoms with Crippen molar-refractivity contribution < 1.29 is 9.90 Å². The van der Waals surface area contributed by atoms with E-state index in [-0.39, 0.29) is 17.6 Å². The van der Waals surface area contributed by atoms with E-state index in [9.17, 15) is 9.90 Å². The van der Waals surface area contributed by atoms with Gasteiger partial charge in [-0.1, -0.05) is 57.2 Å². The maximum Gasteiger partial charge on any atom is 0.242 e. The number of carbonyl (C=O) groups is 1. The van der Waals surface area contributed by atoms with Gasteiger partial charge in [0.05, 0.1) is 6.21 Å². The summed E-state index contributed by atoms with van der Waals surface area (Å²) in [6.07, 6.45) is 2.95. The molecule has 0 aliphatic heterocycles. The molecule has 0 radical (unpaired) electrons. The number of para-hydroxylation sites is 1. The van der Waals surface area contributed by atoms with Crippen molar-refractivity contribution in [3.8, 4) is 5.75 Å². The smallest absolute Gasteiger partial charge is 0.242 e. The molecule has 1 N–H and O–H groups in total. The monoisotopic (exact) mass is 352 g/mol. The van der Waals surface area contributed by atoms with E-state index in [1.165, 1.54) is 16.8 Å². The summed E-state index contributed by atoms with van der Waals surface area (Å²) < 4.78 is 0. The minimum Gasteiger partial charge on any atom is -0.507 e. The number of aromatic hydroxyl groups is 1. The Morgan fingerprint density at radius 2 is 1.77 bits per heavy atom. The first-order valence-electron chi connectivity index (χ1n) is 9.04. The summed E-state index contributed by atoms with van der Waals surface area (Å²) in [5.74, 6) is 0.844. The van der Waals surface area contributed by atoms with Gasteiger partial charge in [-0.25, -0.2) is 5.01 Å². The van der Waals surface area contributed by atoms with E-state index in [1.54, 1.807) is 25.2 Å². The van der Waals surface area contributed by atoms with Crippen molar-refractivity contribution in [1.29, 1.82) is 0 Å². The third kappa shape index (κ3) is 5.73. The number of hydrogen-bond acceptors (Lipinski definition) is 3. The molecular formula is C22H28N2O2. The third-order valence-electron chi connectivity index (χ3n) is 4.34. The van der Waals surface area contributed by atoms with Crippen LogP contribution in [-0.4, -0.2) is 29.3 Å². The number of hydrogen-bond donors (Lipinski definition) is 1. The molecule has 0 aliphatic carbocycles. The van der Waals surface area contributed by atoms with E-state index >= 15 is 0 Å². The number of hydrazone groups is 1. The molecule has 0 aromatic heterocycles. The minimum absolute atomic E-state index is 0.0598. The van der Waals surface area contributed by atoms with Gasteiger partial charge in [0.15, 0.2) is 0 Å². The minimum atomic E-state index is -0.0598. The van der Waals surface area contributed by atoms with Crippen LogP contribution < -0.4 is 0 Å². The fourth-order valence-corrected chi connectivity index (χ4v) is 2.78. The van der Waals surface area contributed by atoms with E-state index in [1.807, 2.05) is 6.07 Å². The molecule has 0 spiro atoms. The molecule has 0 saturated heterocycles. The quantitative estimate of drug-likeness (QED) is 0.586. The Hall–Kier alpha value is -2.62. The van der Waals surface area contributed by atoms with E-state index in [2.05, 4.69) is 50.1 Å². The summed E-state index contributed by atoms with van der Waals surface area (Å²) in [5.41, 5.74) is 3.07. The average molecular weight is 352 g/mol. The van der Waals surface area contributed by atoms with Crippen LogP contribution in [0.4, 0.5) is 0 Å². The second kappa shape index (κ2) is 9.18. The molecule has 2 aromatic carbocycles. The number of phenolic OH excluding ortho intramolecular Hbond substituents is 1. The van der Waals surface area contributed by atoms with Crippen molar-refractivity contribution in [2.75, 3.05) is 7.05 Å². The number of rotatable bonds is 7. The highest BCUT2D eigenvalue weighted by molar-refractivity contribution is 5.85. The highest BCUT2D eigenvalue weighted by Crippen LogP contribution is 2.21. The molecule has 2 aromatic rings. The first-order valence-corrected chi connectivity index (χ1v) is 9.04. The van der Waals surface area contributed by atoms with Crippen molar-refractivity contribution in [2.24, 2.45) is 11.0 Å². The Morgan fingerprint density at radius 3 is 2.38 bits per heavy atom. The lowest BCUT2D eigenvalue weighted by atomic mass is 9.94. The number of benzene rings is 2. The summed E-state index contributed by atoms with van der Waals surface area (Å²) in [6, 6.07) is 15.4. The van der Waals surface area contributed by atoms with Crippen LogP contribution >= 0.6 is 0 Å². The Kier molecular flexibility index (Phi) is 6.96. The lowest BCUT2D eigenvalue weighted by molar-refractivity contribution is -0.130. The van der Waals surface area contributed by atoms with Crippen LogP contribution in [0.3, 0.4) is 0 Å². The second-order valence-electron chi connectivity index (χ2n) is 7.17. The van der Waals surface area contributed by atoms with Crippen LogP contribution in [0.2, 0.25) is 0 Å². The summed E-state index contributed by atoms with van der Waals surface area (Å²) in [5, 5.41) is 15.2. The molecular weight excluding hydrogens is 324 g/mol. The standard InChI is InChI=1S/C22H28N2O2/c1-16(2)13-18-9-11-19(12-10-18)17(3)14-22(26)24(4)23-15-20-7-5-6-8-21(20)25/h5-12,15-17,25H,13-14H2,1-4H3/b23-15+. The fourth-order valence-electron chi connectivity index (χ4n) is 2.78. The first-order chi connectivity index (χ1) is 12.4. The molecule has 1 atom stereocenters. The topological polar surface area (TPSA) is 52.9 Å². The van der Waals surface area contributed by atoms with Crippen molar-refractivity contribution in [1.82, 2.24) is 5.01 Å². The van der Waals surface area contributed by atoms with E-state index in [0.717, 1.165) is 12.0 Å². The number of amides is 1. The van der Waals surface area contributed by atoms with Gasteiger partial charge in [-0.2, -0.15) is 5.10 Å². The molecule has 0 saturated carbocycles. The Balaban J connectivity index is 1.94. The van der Waals surface area contributed by atoms with Gasteiger partial charge in [-0.15, -0.1) is 0 Å². The van der Waals surface area contributed by atoms with E-state index < -0.39 is 0 Å². The predicted octanol–water partition coefficient (Wildman–Crippen LogP) is 4.58. The van der Waals surface area contributed by atoms with Crippen LogP contribution in [0, 0.1) is 5.92 Å². The number of nitrogens with zero attached hydrogens (tertiary/aromatic N) is 2. The second-order valence-corrected chi connectivity index (χ2v) is 7.17. The van der Waals surface area contributed by atoms with Crippen LogP contribution in [0.25, 0.3) is 0 Å². The number of carbonyl (C=O) groups excluding carboxylic acids is 1. The molecule has 4 nitrogen and oxygen atoms in total. The maximum atomic E-state index is 12.4. The maximum absolute atomic E-state index is 12.4. The van der Waals surface area contributed by atoms with Crippen molar-refractivity contribution in [3.63, 3.8) is 0 Å². The third-order valence-corrected chi connectivity index (χ3v) is 4.34. The molecule has 2 rings (SSSR count). The van der Waals surface area contributed by atoms with Gasteiger partial charge in [0.2, 0.25) is 5.91 Å². The summed E-state index contributed by atoms with van der Waals surface area (Å²) in [7, 11) is 1.64. The molecule has 0 aliphatic rings. The van der Waals surface area contributed by atoms with Gasteiger partial charge in [-0.05, 0) is 41.5 Å². The largest absolute Gasteiger partial charge is 0.507 e. The summed E-state index contributed by atoms with van der Waals surface area (Å²) in [6.45, 7) is 6.47. The molecule has 138 valence electrons. The van der Waals surface area contributed by atoms with Gasteiger partial charge in [0.25, 0.3) is 0 Å². The highest BCUT2D eigenvalue weighted by atomic mass is 16.3. The predicted molar refractivity (Wildman–Crippen MR) is 106 cm³/mol. The summed E-state index contributed by atoms with van der Waals surface area (Å²) >= 11 is 0. The fraction of sp³-hybridized carbons (Fsp3) is 0.364. The zero-order chi connectivity index (χ0) is 19.1. The SMILES string of the molecule is CC(C)Cc1ccc(C(C)CC(=O)N(C)/N=C/c2ccccc2O)cc1. The van der Waals surface area contributed by atoms with Crippen LogP contribution in [0.15, 0.2) is 53.6 Å². The zero-order valence-corrected chi connectivity index (χ0v) is 16.0. The Bertz CT molecular complexity index is 751. The van der Waals surface area contributed by atoms with Crippen molar-refractivity contribution >= 4 is 12.1 Å². The normalized spacial score (nSPS) is 12.5. The zero-order valence-electron chi connectivity index (χ0n) is 16.0. The number of phenols is 1. The molecule has 0 bridgehead atoms. The highest BCUT2D eigenvalue weighted by Gasteiger charge is 2.14. The van der Waals surface area contributed by atoms with Crippen LogP contribution in [-0.2, 0) is 11.2 Å². The lowest BCUT2D eigenvalue weighted by Gasteiger charge is -2.16. The van der Waals surface area contributed by atoms with Crippen molar-refractivity contribution in [3.05, 3.63) is 65.2 Å². The van der Waals surface area contributed by atoms with Gasteiger partial charge in [0.1, 0.15) is 5.75 Å². The van der Waals surface area contributed by atoms with Gasteiger partial charge in [0, 0.05) is 19.0 Å². The Labute approximate surface area is 156 Å². The van der Waals surface area contributed by atoms with Crippen LogP contribution in [0.1, 0.15) is 49.8 Å². The average Bonchev–Trinajstić information content (AvgIpc) is 2.60. The summed E-state index contributed by atoms with van der Waals surface area (Å²) in [4.78, 5) is 12.4. The van der Waals surface area contributed by atoms with E-state index in [4.69, 9.17) is 0 Å². The molecule has 26 heavy (non-hydrogen) atoms. The first kappa shape index (κ1) is 19.7. The molecule has 4 heteroatoms. The van der Waals surface area contributed by atoms with E-state index in [0.29, 0.717) is 17.9 Å². The molecule has 0 fully saturated rings. The van der Waals surface area contributed by atoms with Crippen molar-refractivity contribution in [2.45, 2.75) is 39.5 Å². The lowest BCUT2D eigenvalue weighted by Crippen LogP contribution is -2.22. The van der Waals surface area contributed by atoms with Gasteiger partial charge >= 0.3 is 0 Å².